The zero-order valence-corrected chi connectivity index (χ0v) is 16.3. The number of nitrogens with one attached hydrogen (secondary N) is 1. The van der Waals surface area contributed by atoms with Crippen molar-refractivity contribution in [3.05, 3.63) is 41.9 Å². The minimum absolute atomic E-state index is 0.342. The summed E-state index contributed by atoms with van der Waals surface area (Å²) in [7, 11) is 0. The van der Waals surface area contributed by atoms with Crippen LogP contribution in [-0.2, 0) is 4.74 Å². The molecule has 5 heteroatoms. The molecule has 142 valence electrons. The van der Waals surface area contributed by atoms with Gasteiger partial charge >= 0.3 is 5.97 Å². The molecule has 0 fully saturated rings. The van der Waals surface area contributed by atoms with Gasteiger partial charge in [-0.3, -0.25) is 0 Å². The van der Waals surface area contributed by atoms with Crippen LogP contribution in [0.1, 0.15) is 69.8 Å². The summed E-state index contributed by atoms with van der Waals surface area (Å²) in [5.74, 6) is -0.381. The van der Waals surface area contributed by atoms with Crippen molar-refractivity contribution in [2.75, 3.05) is 18.5 Å². The van der Waals surface area contributed by atoms with E-state index in [-0.39, 0.29) is 5.97 Å². The van der Waals surface area contributed by atoms with E-state index in [1.54, 1.807) is 13.1 Å². The first kappa shape index (κ1) is 20.0. The summed E-state index contributed by atoms with van der Waals surface area (Å²) in [5, 5.41) is 3.44. The first-order chi connectivity index (χ1) is 12.6. The zero-order valence-electron chi connectivity index (χ0n) is 16.3. The number of hydrogen-bond acceptors (Lipinski definition) is 4. The summed E-state index contributed by atoms with van der Waals surface area (Å²) in [6.07, 6.45) is 13.3. The van der Waals surface area contributed by atoms with E-state index in [0.29, 0.717) is 12.3 Å². The largest absolute Gasteiger partial charge is 0.461 e. The molecule has 0 aliphatic rings. The number of hydrogen-bond donors (Lipinski definition) is 1. The van der Waals surface area contributed by atoms with E-state index in [0.717, 1.165) is 30.7 Å². The molecule has 2 rings (SSSR count). The van der Waals surface area contributed by atoms with Gasteiger partial charge in [0.25, 0.3) is 0 Å². The SMILES string of the molecule is CCCC/C(C)=C/CCCCNc1ccc2nc(C(=O)OCC)cn2c1. The molecule has 0 atom stereocenters. The van der Waals surface area contributed by atoms with Gasteiger partial charge in [-0.1, -0.05) is 25.0 Å². The molecule has 0 aromatic carbocycles. The topological polar surface area (TPSA) is 55.6 Å². The second-order valence-corrected chi connectivity index (χ2v) is 6.61. The Morgan fingerprint density at radius 3 is 2.85 bits per heavy atom. The average Bonchev–Trinajstić information content (AvgIpc) is 3.06. The van der Waals surface area contributed by atoms with Crippen LogP contribution in [0.2, 0.25) is 0 Å². The Bertz CT molecular complexity index is 734. The van der Waals surface area contributed by atoms with Gasteiger partial charge in [-0.15, -0.1) is 0 Å². The molecule has 0 amide bonds. The second kappa shape index (κ2) is 10.6. The summed E-state index contributed by atoms with van der Waals surface area (Å²) in [6, 6.07) is 3.90. The lowest BCUT2D eigenvalue weighted by atomic mass is 10.1. The van der Waals surface area contributed by atoms with Crippen LogP contribution in [0.25, 0.3) is 5.65 Å². The van der Waals surface area contributed by atoms with Crippen LogP contribution in [0.5, 0.6) is 0 Å². The molecule has 1 N–H and O–H groups in total. The molecule has 0 bridgehead atoms. The number of unbranched alkanes of at least 4 members (excludes halogenated alkanes) is 3. The number of imidazole rings is 1. The van der Waals surface area contributed by atoms with Crippen molar-refractivity contribution in [1.29, 1.82) is 0 Å². The van der Waals surface area contributed by atoms with Gasteiger partial charge in [0.15, 0.2) is 5.69 Å². The van der Waals surface area contributed by atoms with E-state index in [2.05, 4.69) is 30.2 Å². The number of nitrogens with zero attached hydrogens (tertiary/aromatic N) is 2. The predicted molar refractivity (Wildman–Crippen MR) is 107 cm³/mol. The third kappa shape index (κ3) is 6.21. The third-order valence-corrected chi connectivity index (χ3v) is 4.31. The molecular formula is C21H31N3O2. The van der Waals surface area contributed by atoms with Crippen molar-refractivity contribution in [2.45, 2.75) is 59.3 Å². The van der Waals surface area contributed by atoms with E-state index >= 15 is 0 Å². The van der Waals surface area contributed by atoms with Crippen molar-refractivity contribution in [1.82, 2.24) is 9.38 Å². The molecule has 0 saturated heterocycles. The van der Waals surface area contributed by atoms with Gasteiger partial charge < -0.3 is 14.5 Å². The number of ether oxygens (including phenoxy) is 1. The summed E-state index contributed by atoms with van der Waals surface area (Å²) in [6.45, 7) is 7.55. The Morgan fingerprint density at radius 1 is 1.23 bits per heavy atom. The van der Waals surface area contributed by atoms with E-state index in [1.165, 1.54) is 31.3 Å². The summed E-state index contributed by atoms with van der Waals surface area (Å²) < 4.78 is 6.85. The lowest BCUT2D eigenvalue weighted by Crippen LogP contribution is -2.04. The number of anilines is 1. The average molecular weight is 357 g/mol. The predicted octanol–water partition coefficient (Wildman–Crippen LogP) is 5.23. The molecule has 2 aromatic heterocycles. The Hall–Kier alpha value is -2.30. The first-order valence-corrected chi connectivity index (χ1v) is 9.69. The van der Waals surface area contributed by atoms with Crippen LogP contribution in [0.4, 0.5) is 5.69 Å². The number of pyridine rings is 1. The summed E-state index contributed by atoms with van der Waals surface area (Å²) in [5.41, 5.74) is 3.63. The Labute approximate surface area is 156 Å². The number of carbonyl (C=O) groups excluding carboxylic acids is 1. The first-order valence-electron chi connectivity index (χ1n) is 9.69. The quantitative estimate of drug-likeness (QED) is 0.340. The van der Waals surface area contributed by atoms with Crippen LogP contribution in [0.3, 0.4) is 0 Å². The van der Waals surface area contributed by atoms with Gasteiger partial charge in [0, 0.05) is 18.9 Å². The molecule has 26 heavy (non-hydrogen) atoms. The zero-order chi connectivity index (χ0) is 18.8. The highest BCUT2D eigenvalue weighted by molar-refractivity contribution is 5.88. The van der Waals surface area contributed by atoms with Crippen molar-refractivity contribution < 1.29 is 9.53 Å². The molecule has 5 nitrogen and oxygen atoms in total. The number of esters is 1. The van der Waals surface area contributed by atoms with E-state index < -0.39 is 0 Å². The van der Waals surface area contributed by atoms with E-state index in [9.17, 15) is 4.79 Å². The Kier molecular flexibility index (Phi) is 8.19. The molecule has 0 unspecified atom stereocenters. The molecule has 0 spiro atoms. The molecular weight excluding hydrogens is 326 g/mol. The van der Waals surface area contributed by atoms with Gasteiger partial charge in [0.1, 0.15) is 5.65 Å². The molecule has 0 aliphatic carbocycles. The normalized spacial score (nSPS) is 11.7. The van der Waals surface area contributed by atoms with Crippen LogP contribution in [0.15, 0.2) is 36.2 Å². The maximum Gasteiger partial charge on any atom is 0.358 e. The van der Waals surface area contributed by atoms with Crippen molar-refractivity contribution in [3.8, 4) is 0 Å². The maximum absolute atomic E-state index is 11.8. The highest BCUT2D eigenvalue weighted by Crippen LogP contribution is 2.13. The standard InChI is InChI=1S/C21H31N3O2/c1-4-6-10-17(3)11-8-7-9-14-22-18-12-13-20-23-19(16-24(20)15-18)21(25)26-5-2/h11-13,15-16,22H,4-10,14H2,1-3H3/b17-11+. The van der Waals surface area contributed by atoms with Crippen LogP contribution in [-0.4, -0.2) is 28.5 Å². The third-order valence-electron chi connectivity index (χ3n) is 4.31. The van der Waals surface area contributed by atoms with Gasteiger partial charge in [0.2, 0.25) is 0 Å². The lowest BCUT2D eigenvalue weighted by molar-refractivity contribution is 0.0520. The fourth-order valence-corrected chi connectivity index (χ4v) is 2.81. The van der Waals surface area contributed by atoms with Gasteiger partial charge in [-0.05, 0) is 58.1 Å². The van der Waals surface area contributed by atoms with Crippen molar-refractivity contribution in [2.24, 2.45) is 0 Å². The number of fused-ring (bicyclic) bond motifs is 1. The van der Waals surface area contributed by atoms with E-state index in [1.807, 2.05) is 22.7 Å². The number of allylic oxidation sites excluding steroid dienone is 2. The highest BCUT2D eigenvalue weighted by atomic mass is 16.5. The fraction of sp³-hybridized carbons (Fsp3) is 0.524. The van der Waals surface area contributed by atoms with Gasteiger partial charge in [-0.2, -0.15) is 0 Å². The van der Waals surface area contributed by atoms with Crippen molar-refractivity contribution >= 4 is 17.3 Å². The number of aromatic nitrogens is 2. The Balaban J connectivity index is 1.77. The minimum atomic E-state index is -0.381. The van der Waals surface area contributed by atoms with Crippen LogP contribution >= 0.6 is 0 Å². The second-order valence-electron chi connectivity index (χ2n) is 6.61. The van der Waals surface area contributed by atoms with Crippen LogP contribution < -0.4 is 5.32 Å². The maximum atomic E-state index is 11.8. The molecule has 0 saturated carbocycles. The number of rotatable bonds is 11. The summed E-state index contributed by atoms with van der Waals surface area (Å²) >= 11 is 0. The molecule has 2 heterocycles. The van der Waals surface area contributed by atoms with Gasteiger partial charge in [-0.25, -0.2) is 9.78 Å². The van der Waals surface area contributed by atoms with Crippen LogP contribution in [0, 0.1) is 0 Å². The number of carbonyl (C=O) groups is 1. The summed E-state index contributed by atoms with van der Waals surface area (Å²) in [4.78, 5) is 16.0. The smallest absolute Gasteiger partial charge is 0.358 e. The minimum Gasteiger partial charge on any atom is -0.461 e. The van der Waals surface area contributed by atoms with Gasteiger partial charge in [0.05, 0.1) is 12.3 Å². The van der Waals surface area contributed by atoms with Crippen molar-refractivity contribution in [3.63, 3.8) is 0 Å². The fourth-order valence-electron chi connectivity index (χ4n) is 2.81. The molecule has 0 aliphatic heterocycles. The monoisotopic (exact) mass is 357 g/mol. The molecule has 2 aromatic rings. The lowest BCUT2D eigenvalue weighted by Gasteiger charge is -2.06. The highest BCUT2D eigenvalue weighted by Gasteiger charge is 2.11. The Morgan fingerprint density at radius 2 is 2.08 bits per heavy atom. The molecule has 0 radical (unpaired) electrons. The van der Waals surface area contributed by atoms with E-state index in [4.69, 9.17) is 4.74 Å².